The molecule has 0 radical (unpaired) electrons. The Morgan fingerprint density at radius 3 is 2.61 bits per heavy atom. The number of benzene rings is 1. The number of rotatable bonds is 5. The van der Waals surface area contributed by atoms with Gasteiger partial charge < -0.3 is 10.1 Å². The molecular formula is C23H25FN6O. The third-order valence-electron chi connectivity index (χ3n) is 5.92. The number of hydrogen-bond donors (Lipinski definition) is 1. The van der Waals surface area contributed by atoms with Gasteiger partial charge in [-0.2, -0.15) is 10.2 Å². The van der Waals surface area contributed by atoms with E-state index >= 15 is 0 Å². The molecule has 1 fully saturated rings. The predicted molar refractivity (Wildman–Crippen MR) is 118 cm³/mol. The molecule has 0 aliphatic heterocycles. The standard InChI is InChI=1S/C23H25FN6O/c1-25-22-13-20-17(14-26-22)23(19-11-12-29(2)27-19)28-30(20)15-7-9-16(10-8-15)31-21-6-4-3-5-18(21)24/h3-6,11-16H,7-10H2,1-2H3,(H,25,26)/t15-,16+. The molecule has 4 aromatic rings. The van der Waals surface area contributed by atoms with Crippen molar-refractivity contribution in [3.8, 4) is 17.1 Å². The zero-order valence-electron chi connectivity index (χ0n) is 17.6. The second kappa shape index (κ2) is 8.02. The van der Waals surface area contributed by atoms with Gasteiger partial charge >= 0.3 is 0 Å². The summed E-state index contributed by atoms with van der Waals surface area (Å²) in [5.74, 6) is 0.824. The third-order valence-corrected chi connectivity index (χ3v) is 5.92. The molecular weight excluding hydrogens is 395 g/mol. The molecule has 31 heavy (non-hydrogen) atoms. The lowest BCUT2D eigenvalue weighted by Gasteiger charge is -2.29. The number of anilines is 1. The summed E-state index contributed by atoms with van der Waals surface area (Å²) in [5, 5.41) is 13.6. The summed E-state index contributed by atoms with van der Waals surface area (Å²) in [6, 6.07) is 10.8. The Hall–Kier alpha value is -3.42. The Labute approximate surface area is 179 Å². The topological polar surface area (TPSA) is 69.8 Å². The van der Waals surface area contributed by atoms with E-state index < -0.39 is 0 Å². The van der Waals surface area contributed by atoms with E-state index in [2.05, 4.69) is 20.1 Å². The maximum Gasteiger partial charge on any atom is 0.165 e. The summed E-state index contributed by atoms with van der Waals surface area (Å²) in [7, 11) is 3.76. The zero-order valence-corrected chi connectivity index (χ0v) is 17.6. The van der Waals surface area contributed by atoms with Crippen LogP contribution in [0.2, 0.25) is 0 Å². The number of nitrogens with one attached hydrogen (secondary N) is 1. The van der Waals surface area contributed by atoms with Crippen molar-refractivity contribution in [3.63, 3.8) is 0 Å². The van der Waals surface area contributed by atoms with Crippen LogP contribution in [0.4, 0.5) is 10.2 Å². The summed E-state index contributed by atoms with van der Waals surface area (Å²) in [6.07, 6.45) is 7.32. The first-order valence-corrected chi connectivity index (χ1v) is 10.6. The minimum absolute atomic E-state index is 0.0137. The average Bonchev–Trinajstić information content (AvgIpc) is 3.39. The Balaban J connectivity index is 1.42. The van der Waals surface area contributed by atoms with Crippen LogP contribution < -0.4 is 10.1 Å². The van der Waals surface area contributed by atoms with Gasteiger partial charge in [-0.3, -0.25) is 9.36 Å². The van der Waals surface area contributed by atoms with Crippen molar-refractivity contribution in [2.24, 2.45) is 7.05 Å². The molecule has 0 atom stereocenters. The van der Waals surface area contributed by atoms with Crippen LogP contribution in [0, 0.1) is 5.82 Å². The van der Waals surface area contributed by atoms with E-state index in [-0.39, 0.29) is 18.0 Å². The number of aromatic nitrogens is 5. The fraction of sp³-hybridized carbons (Fsp3) is 0.348. The molecule has 0 bridgehead atoms. The van der Waals surface area contributed by atoms with Crippen molar-refractivity contribution in [1.82, 2.24) is 24.5 Å². The van der Waals surface area contributed by atoms with Crippen molar-refractivity contribution < 1.29 is 9.13 Å². The molecule has 5 rings (SSSR count). The molecule has 8 heteroatoms. The van der Waals surface area contributed by atoms with Crippen molar-refractivity contribution in [2.45, 2.75) is 37.8 Å². The summed E-state index contributed by atoms with van der Waals surface area (Å²) in [4.78, 5) is 4.49. The van der Waals surface area contributed by atoms with Gasteiger partial charge in [0.05, 0.1) is 17.7 Å². The van der Waals surface area contributed by atoms with E-state index in [0.717, 1.165) is 53.8 Å². The molecule has 160 valence electrons. The third kappa shape index (κ3) is 3.73. The average molecular weight is 420 g/mol. The quantitative estimate of drug-likeness (QED) is 0.512. The molecule has 1 aliphatic carbocycles. The number of ether oxygens (including phenoxy) is 1. The molecule has 0 amide bonds. The molecule has 3 heterocycles. The van der Waals surface area contributed by atoms with Crippen LogP contribution >= 0.6 is 0 Å². The van der Waals surface area contributed by atoms with E-state index in [0.29, 0.717) is 5.75 Å². The first-order chi connectivity index (χ1) is 15.1. The number of fused-ring (bicyclic) bond motifs is 1. The van der Waals surface area contributed by atoms with Gasteiger partial charge in [-0.25, -0.2) is 9.37 Å². The molecule has 1 aliphatic rings. The van der Waals surface area contributed by atoms with Gasteiger partial charge in [0, 0.05) is 37.9 Å². The van der Waals surface area contributed by atoms with E-state index in [1.54, 1.807) is 22.9 Å². The second-order valence-electron chi connectivity index (χ2n) is 7.98. The van der Waals surface area contributed by atoms with Crippen LogP contribution in [0.5, 0.6) is 5.75 Å². The maximum absolute atomic E-state index is 13.9. The molecule has 1 saturated carbocycles. The maximum atomic E-state index is 13.9. The lowest BCUT2D eigenvalue weighted by Crippen LogP contribution is -2.26. The van der Waals surface area contributed by atoms with Gasteiger partial charge in [-0.15, -0.1) is 0 Å². The number of aryl methyl sites for hydroxylation is 1. The Morgan fingerprint density at radius 1 is 1.10 bits per heavy atom. The molecule has 0 spiro atoms. The smallest absolute Gasteiger partial charge is 0.165 e. The Morgan fingerprint density at radius 2 is 1.90 bits per heavy atom. The van der Waals surface area contributed by atoms with Crippen LogP contribution in [0.15, 0.2) is 48.8 Å². The van der Waals surface area contributed by atoms with Gasteiger partial charge in [0.2, 0.25) is 0 Å². The minimum Gasteiger partial charge on any atom is -0.487 e. The van der Waals surface area contributed by atoms with Crippen LogP contribution in [0.25, 0.3) is 22.3 Å². The lowest BCUT2D eigenvalue weighted by molar-refractivity contribution is 0.126. The molecule has 0 unspecified atom stereocenters. The van der Waals surface area contributed by atoms with Crippen LogP contribution in [0.3, 0.4) is 0 Å². The Kier molecular flexibility index (Phi) is 5.05. The normalized spacial score (nSPS) is 18.9. The van der Waals surface area contributed by atoms with Gasteiger partial charge in [0.15, 0.2) is 11.6 Å². The molecule has 3 aromatic heterocycles. The SMILES string of the molecule is CNc1cc2c(cn1)c(-c1ccn(C)n1)nn2[C@H]1CC[C@@H](Oc2ccccc2F)CC1. The zero-order chi connectivity index (χ0) is 21.4. The van der Waals surface area contributed by atoms with Gasteiger partial charge in [-0.05, 0) is 43.9 Å². The number of hydrogen-bond acceptors (Lipinski definition) is 5. The van der Waals surface area contributed by atoms with Gasteiger partial charge in [-0.1, -0.05) is 12.1 Å². The molecule has 7 nitrogen and oxygen atoms in total. The van der Waals surface area contributed by atoms with Crippen LogP contribution in [-0.4, -0.2) is 37.7 Å². The van der Waals surface area contributed by atoms with E-state index in [4.69, 9.17) is 9.84 Å². The summed E-state index contributed by atoms with van der Waals surface area (Å²) in [6.45, 7) is 0. The highest BCUT2D eigenvalue weighted by atomic mass is 19.1. The van der Waals surface area contributed by atoms with Crippen molar-refractivity contribution in [2.75, 3.05) is 12.4 Å². The first kappa shape index (κ1) is 19.5. The highest BCUT2D eigenvalue weighted by molar-refractivity contribution is 5.93. The minimum atomic E-state index is -0.310. The summed E-state index contributed by atoms with van der Waals surface area (Å²) < 4.78 is 23.8. The fourth-order valence-corrected chi connectivity index (χ4v) is 4.31. The second-order valence-corrected chi connectivity index (χ2v) is 7.98. The van der Waals surface area contributed by atoms with Crippen LogP contribution in [0.1, 0.15) is 31.7 Å². The summed E-state index contributed by atoms with van der Waals surface area (Å²) >= 11 is 0. The van der Waals surface area contributed by atoms with E-state index in [9.17, 15) is 4.39 Å². The molecule has 0 saturated heterocycles. The fourth-order valence-electron chi connectivity index (χ4n) is 4.31. The Bertz CT molecular complexity index is 1210. The van der Waals surface area contributed by atoms with Gasteiger partial charge in [0.1, 0.15) is 17.2 Å². The number of halogens is 1. The molecule has 1 N–H and O–H groups in total. The summed E-state index contributed by atoms with van der Waals surface area (Å²) in [5.41, 5.74) is 2.72. The number of pyridine rings is 1. The number of para-hydroxylation sites is 1. The van der Waals surface area contributed by atoms with Crippen molar-refractivity contribution in [3.05, 3.63) is 54.6 Å². The van der Waals surface area contributed by atoms with E-state index in [1.165, 1.54) is 6.07 Å². The van der Waals surface area contributed by atoms with Crippen LogP contribution in [-0.2, 0) is 7.05 Å². The highest BCUT2D eigenvalue weighted by Crippen LogP contribution is 2.36. The largest absolute Gasteiger partial charge is 0.487 e. The van der Waals surface area contributed by atoms with Crippen molar-refractivity contribution in [1.29, 1.82) is 0 Å². The number of nitrogens with zero attached hydrogens (tertiary/aromatic N) is 5. The highest BCUT2D eigenvalue weighted by Gasteiger charge is 2.27. The lowest BCUT2D eigenvalue weighted by atomic mass is 9.93. The first-order valence-electron chi connectivity index (χ1n) is 10.6. The van der Waals surface area contributed by atoms with Gasteiger partial charge in [0.25, 0.3) is 0 Å². The monoisotopic (exact) mass is 420 g/mol. The van der Waals surface area contributed by atoms with Crippen molar-refractivity contribution >= 4 is 16.7 Å². The van der Waals surface area contributed by atoms with E-state index in [1.807, 2.05) is 38.6 Å². The molecule has 1 aromatic carbocycles. The predicted octanol–water partition coefficient (Wildman–Crippen LogP) is 4.58.